The van der Waals surface area contributed by atoms with Gasteiger partial charge in [-0.15, -0.1) is 0 Å². The molecule has 0 aliphatic carbocycles. The second-order valence-electron chi connectivity index (χ2n) is 21.4. The number of carbonyl (C=O) groups excluding carboxylic acids is 9. The van der Waals surface area contributed by atoms with Crippen molar-refractivity contribution in [3.05, 3.63) is 0 Å². The first-order valence-electron chi connectivity index (χ1n) is 24.4. The van der Waals surface area contributed by atoms with Crippen molar-refractivity contribution >= 4 is 53.4 Å². The molecule has 0 aliphatic rings. The summed E-state index contributed by atoms with van der Waals surface area (Å²) < 4.78 is 43.1. The van der Waals surface area contributed by atoms with Gasteiger partial charge in [0.1, 0.15) is 46.6 Å². The summed E-state index contributed by atoms with van der Waals surface area (Å²) in [5.41, 5.74) is 2.81. The van der Waals surface area contributed by atoms with Gasteiger partial charge in [-0.05, 0) is 102 Å². The highest BCUT2D eigenvalue weighted by atomic mass is 16.6. The molecule has 0 bridgehead atoms. The highest BCUT2D eigenvalue weighted by Crippen LogP contribution is 2.15. The number of esters is 4. The van der Waals surface area contributed by atoms with E-state index in [0.717, 1.165) is 4.90 Å². The number of rotatable bonds is 32. The molecule has 5 atom stereocenters. The third-order valence-corrected chi connectivity index (χ3v) is 9.33. The SMILES string of the molecule is CC(C)[C@H](NC(=O)[C@H](CCC(=O)OC(C)(C)C)NC(=O)[C@H](N)CC(=O)OC(C)(C)C)C(=O)N[C@H](CC(=O)OC(C)(C)C)C(=O)N(C)[C@@H](C)C(=O)NCCOCCOCCOCCOCCC(=O)OC(C)(C)C. The second-order valence-corrected chi connectivity index (χ2v) is 21.4. The van der Waals surface area contributed by atoms with Crippen LogP contribution in [0, 0.1) is 5.92 Å². The van der Waals surface area contributed by atoms with Crippen molar-refractivity contribution < 1.29 is 81.0 Å². The Balaban J connectivity index is 5.63. The van der Waals surface area contributed by atoms with Gasteiger partial charge in [0.2, 0.25) is 29.5 Å². The minimum Gasteiger partial charge on any atom is -0.460 e. The first-order chi connectivity index (χ1) is 33.0. The monoisotopic (exact) mass is 1030 g/mol. The molecule has 72 heavy (non-hydrogen) atoms. The van der Waals surface area contributed by atoms with Crippen LogP contribution in [0.2, 0.25) is 0 Å². The zero-order valence-corrected chi connectivity index (χ0v) is 45.8. The van der Waals surface area contributed by atoms with Gasteiger partial charge >= 0.3 is 23.9 Å². The number of nitrogens with zero attached hydrogens (tertiary/aromatic N) is 1. The average molecular weight is 1030 g/mol. The van der Waals surface area contributed by atoms with Crippen LogP contribution in [0.1, 0.15) is 136 Å². The van der Waals surface area contributed by atoms with Crippen LogP contribution in [-0.2, 0) is 81.0 Å². The normalized spacial score (nSPS) is 14.1. The molecule has 0 unspecified atom stereocenters. The zero-order chi connectivity index (χ0) is 55.6. The summed E-state index contributed by atoms with van der Waals surface area (Å²) in [5.74, 6) is -7.34. The Labute approximate surface area is 426 Å². The van der Waals surface area contributed by atoms with Gasteiger partial charge in [0.05, 0.1) is 78.2 Å². The minimum absolute atomic E-state index is 0.0883. The fourth-order valence-electron chi connectivity index (χ4n) is 5.97. The smallest absolute Gasteiger partial charge is 0.308 e. The summed E-state index contributed by atoms with van der Waals surface area (Å²) in [4.78, 5) is 119. The highest BCUT2D eigenvalue weighted by molar-refractivity contribution is 5.97. The molecule has 0 aromatic rings. The van der Waals surface area contributed by atoms with Crippen molar-refractivity contribution in [3.8, 4) is 0 Å². The molecule has 416 valence electrons. The van der Waals surface area contributed by atoms with Gasteiger partial charge in [0.25, 0.3) is 0 Å². The number of nitrogens with one attached hydrogen (secondary N) is 4. The number of amides is 5. The second kappa shape index (κ2) is 32.3. The Morgan fingerprint density at radius 1 is 0.472 bits per heavy atom. The predicted octanol–water partition coefficient (Wildman–Crippen LogP) is 1.77. The largest absolute Gasteiger partial charge is 0.460 e. The van der Waals surface area contributed by atoms with Gasteiger partial charge in [-0.3, -0.25) is 43.2 Å². The summed E-state index contributed by atoms with van der Waals surface area (Å²) in [6.07, 6.45) is -1.64. The first kappa shape index (κ1) is 67.0. The zero-order valence-electron chi connectivity index (χ0n) is 45.8. The van der Waals surface area contributed by atoms with Crippen LogP contribution in [-0.4, -0.2) is 177 Å². The van der Waals surface area contributed by atoms with Crippen LogP contribution in [0.15, 0.2) is 0 Å². The Kier molecular flexibility index (Phi) is 30.0. The van der Waals surface area contributed by atoms with Gasteiger partial charge < -0.3 is 69.8 Å². The maximum absolute atomic E-state index is 14.0. The van der Waals surface area contributed by atoms with E-state index in [4.69, 9.17) is 43.6 Å². The van der Waals surface area contributed by atoms with E-state index in [-0.39, 0.29) is 58.2 Å². The first-order valence-corrected chi connectivity index (χ1v) is 24.4. The maximum Gasteiger partial charge on any atom is 0.308 e. The van der Waals surface area contributed by atoms with Crippen molar-refractivity contribution in [3.63, 3.8) is 0 Å². The van der Waals surface area contributed by atoms with E-state index in [2.05, 4.69) is 21.3 Å². The summed E-state index contributed by atoms with van der Waals surface area (Å²) in [7, 11) is 1.32. The number of likely N-dealkylation sites (N-methyl/N-ethyl adjacent to an activating group) is 1. The molecule has 0 aliphatic heterocycles. The molecule has 0 aromatic heterocycles. The summed E-state index contributed by atoms with van der Waals surface area (Å²) in [6.45, 7) is 27.0. The van der Waals surface area contributed by atoms with Crippen molar-refractivity contribution in [1.29, 1.82) is 0 Å². The lowest BCUT2D eigenvalue weighted by atomic mass is 10.0. The van der Waals surface area contributed by atoms with Gasteiger partial charge in [0.15, 0.2) is 0 Å². The van der Waals surface area contributed by atoms with Crippen molar-refractivity contribution in [2.24, 2.45) is 11.7 Å². The minimum atomic E-state index is -1.57. The lowest BCUT2D eigenvalue weighted by Crippen LogP contribution is -2.60. The molecule has 0 fully saturated rings. The molecule has 0 saturated heterocycles. The van der Waals surface area contributed by atoms with E-state index in [1.807, 2.05) is 0 Å². The topological polar surface area (TPSA) is 305 Å². The van der Waals surface area contributed by atoms with E-state index in [0.29, 0.717) is 26.4 Å². The summed E-state index contributed by atoms with van der Waals surface area (Å²) >= 11 is 0. The lowest BCUT2D eigenvalue weighted by molar-refractivity contribution is -0.158. The molecule has 23 nitrogen and oxygen atoms in total. The molecule has 0 rings (SSSR count). The molecular formula is C49H88N6O17. The van der Waals surface area contributed by atoms with Gasteiger partial charge in [-0.2, -0.15) is 0 Å². The quantitative estimate of drug-likeness (QED) is 0.0364. The maximum atomic E-state index is 14.0. The van der Waals surface area contributed by atoms with Crippen LogP contribution < -0.4 is 27.0 Å². The van der Waals surface area contributed by atoms with Crippen molar-refractivity contribution in [2.45, 2.75) is 189 Å². The van der Waals surface area contributed by atoms with Crippen LogP contribution in [0.25, 0.3) is 0 Å². The summed E-state index contributed by atoms with van der Waals surface area (Å²) in [6, 6.07) is -6.94. The fourth-order valence-corrected chi connectivity index (χ4v) is 5.97. The molecular weight excluding hydrogens is 945 g/mol. The number of ether oxygens (including phenoxy) is 8. The number of hydrogen-bond donors (Lipinski definition) is 5. The third-order valence-electron chi connectivity index (χ3n) is 9.33. The van der Waals surface area contributed by atoms with Crippen LogP contribution >= 0.6 is 0 Å². The van der Waals surface area contributed by atoms with Crippen molar-refractivity contribution in [1.82, 2.24) is 26.2 Å². The molecule has 23 heteroatoms. The van der Waals surface area contributed by atoms with Gasteiger partial charge in [0, 0.05) is 20.0 Å². The molecule has 0 radical (unpaired) electrons. The van der Waals surface area contributed by atoms with E-state index >= 15 is 0 Å². The predicted molar refractivity (Wildman–Crippen MR) is 264 cm³/mol. The van der Waals surface area contributed by atoms with E-state index in [9.17, 15) is 43.2 Å². The van der Waals surface area contributed by atoms with Gasteiger partial charge in [-0.1, -0.05) is 13.8 Å². The molecule has 6 N–H and O–H groups in total. The van der Waals surface area contributed by atoms with Crippen molar-refractivity contribution in [2.75, 3.05) is 66.4 Å². The number of nitrogens with two attached hydrogens (primary N) is 1. The van der Waals surface area contributed by atoms with Crippen LogP contribution in [0.5, 0.6) is 0 Å². The van der Waals surface area contributed by atoms with Crippen LogP contribution in [0.4, 0.5) is 0 Å². The number of carbonyl (C=O) groups is 9. The molecule has 0 spiro atoms. The van der Waals surface area contributed by atoms with E-state index in [1.165, 1.54) is 14.0 Å². The average Bonchev–Trinajstić information content (AvgIpc) is 3.21. The number of hydrogen-bond acceptors (Lipinski definition) is 18. The standard InChI is InChI=1S/C49H88N6O17/c1-31(2)40(54-43(62)34(17-18-36(56)69-46(4,5)6)52-42(61)33(50)29-38(58)71-48(10,11)12)44(63)53-35(30-39(59)72-49(13,14)15)45(64)55(16)32(3)41(60)51-20-22-66-24-26-68-28-27-67-25-23-65-21-19-37(57)70-47(7,8)9/h31-35,40H,17-30,50H2,1-16H3,(H,51,60)(H,52,61)(H,53,63)(H,54,62)/t32-,33+,34-,35+,40-/m0/s1. The molecule has 5 amide bonds. The Bertz CT molecular complexity index is 1750. The Hall–Kier alpha value is -4.97. The third kappa shape index (κ3) is 32.9. The molecule has 0 heterocycles. The van der Waals surface area contributed by atoms with Gasteiger partial charge in [-0.25, -0.2) is 0 Å². The molecule has 0 aromatic carbocycles. The lowest BCUT2D eigenvalue weighted by Gasteiger charge is -2.31. The highest BCUT2D eigenvalue weighted by Gasteiger charge is 2.37. The Morgan fingerprint density at radius 2 is 0.875 bits per heavy atom. The van der Waals surface area contributed by atoms with Crippen LogP contribution in [0.3, 0.4) is 0 Å². The Morgan fingerprint density at radius 3 is 1.33 bits per heavy atom. The van der Waals surface area contributed by atoms with E-state index in [1.54, 1.807) is 96.9 Å². The molecule has 0 saturated carbocycles. The fraction of sp³-hybridized carbons (Fsp3) is 0.816. The summed E-state index contributed by atoms with van der Waals surface area (Å²) in [5, 5.41) is 10.3. The van der Waals surface area contributed by atoms with E-state index < -0.39 is 119 Å².